The van der Waals surface area contributed by atoms with E-state index in [-0.39, 0.29) is 25.5 Å². The predicted octanol–water partition coefficient (Wildman–Crippen LogP) is 0.768. The Morgan fingerprint density at radius 3 is 2.11 bits per heavy atom. The van der Waals surface area contributed by atoms with Crippen LogP contribution in [-0.2, 0) is 14.3 Å². The summed E-state index contributed by atoms with van der Waals surface area (Å²) in [7, 11) is 0. The van der Waals surface area contributed by atoms with Crippen LogP contribution >= 0.6 is 0 Å². The Morgan fingerprint density at radius 1 is 1.11 bits per heavy atom. The highest BCUT2D eigenvalue weighted by atomic mass is 16.6. The molecule has 19 heavy (non-hydrogen) atoms. The number of alkyl carbamates (subject to hydrolysis) is 2. The van der Waals surface area contributed by atoms with Crippen LogP contribution in [0.2, 0.25) is 0 Å². The van der Waals surface area contributed by atoms with Crippen molar-refractivity contribution < 1.29 is 23.9 Å². The van der Waals surface area contributed by atoms with E-state index < -0.39 is 18.2 Å². The molecule has 0 spiro atoms. The first-order valence-electron chi connectivity index (χ1n) is 5.57. The highest BCUT2D eigenvalue weighted by Gasteiger charge is 2.18. The van der Waals surface area contributed by atoms with Gasteiger partial charge in [0.05, 0.1) is 0 Å². The van der Waals surface area contributed by atoms with Gasteiger partial charge in [0.15, 0.2) is 5.78 Å². The van der Waals surface area contributed by atoms with Crippen LogP contribution in [0.4, 0.5) is 9.59 Å². The topological polar surface area (TPSA) is 93.7 Å². The van der Waals surface area contributed by atoms with Gasteiger partial charge in [-0.3, -0.25) is 4.79 Å². The molecule has 1 atom stereocenters. The van der Waals surface area contributed by atoms with Gasteiger partial charge in [0.2, 0.25) is 0 Å². The lowest BCUT2D eigenvalue weighted by atomic mass is 10.2. The maximum absolute atomic E-state index is 11.3. The fourth-order valence-electron chi connectivity index (χ4n) is 0.986. The fraction of sp³-hybridized carbons (Fsp3) is 0.417. The van der Waals surface area contributed by atoms with Gasteiger partial charge < -0.3 is 20.1 Å². The SMILES string of the molecule is C=CCOC(=O)NC[C@@H](NC(=O)OCC=C)C(C)=O. The molecule has 0 heterocycles. The van der Waals surface area contributed by atoms with Gasteiger partial charge in [-0.1, -0.05) is 25.3 Å². The molecule has 0 aromatic rings. The number of Topliss-reactive ketones (excluding diaryl/α,β-unsaturated/α-hetero) is 1. The maximum Gasteiger partial charge on any atom is 0.408 e. The van der Waals surface area contributed by atoms with Crippen molar-refractivity contribution in [3.8, 4) is 0 Å². The summed E-state index contributed by atoms with van der Waals surface area (Å²) in [6.07, 6.45) is 1.34. The van der Waals surface area contributed by atoms with Gasteiger partial charge >= 0.3 is 12.2 Å². The monoisotopic (exact) mass is 270 g/mol. The first kappa shape index (κ1) is 16.7. The van der Waals surface area contributed by atoms with Gasteiger partial charge in [0, 0.05) is 6.54 Å². The summed E-state index contributed by atoms with van der Waals surface area (Å²) in [5.41, 5.74) is 0. The molecule has 0 unspecified atom stereocenters. The van der Waals surface area contributed by atoms with Gasteiger partial charge in [-0.2, -0.15) is 0 Å². The number of hydrogen-bond acceptors (Lipinski definition) is 5. The zero-order valence-corrected chi connectivity index (χ0v) is 10.8. The molecule has 106 valence electrons. The lowest BCUT2D eigenvalue weighted by Crippen LogP contribution is -2.47. The first-order chi connectivity index (χ1) is 9.01. The summed E-state index contributed by atoms with van der Waals surface area (Å²) < 4.78 is 9.32. The summed E-state index contributed by atoms with van der Waals surface area (Å²) in [5, 5.41) is 4.65. The zero-order valence-electron chi connectivity index (χ0n) is 10.8. The van der Waals surface area contributed by atoms with Crippen molar-refractivity contribution in [2.75, 3.05) is 19.8 Å². The Bertz CT molecular complexity index is 354. The molecule has 0 aliphatic carbocycles. The summed E-state index contributed by atoms with van der Waals surface area (Å²) in [4.78, 5) is 33.7. The third-order valence-corrected chi connectivity index (χ3v) is 1.90. The number of nitrogens with one attached hydrogen (secondary N) is 2. The lowest BCUT2D eigenvalue weighted by molar-refractivity contribution is -0.118. The van der Waals surface area contributed by atoms with E-state index >= 15 is 0 Å². The van der Waals surface area contributed by atoms with Crippen LogP contribution in [0.1, 0.15) is 6.92 Å². The minimum absolute atomic E-state index is 0.0330. The molecular weight excluding hydrogens is 252 g/mol. The number of carbonyl (C=O) groups excluding carboxylic acids is 3. The predicted molar refractivity (Wildman–Crippen MR) is 68.7 cm³/mol. The molecule has 2 N–H and O–H groups in total. The Kier molecular flexibility index (Phi) is 8.51. The normalized spacial score (nSPS) is 10.8. The average Bonchev–Trinajstić information content (AvgIpc) is 2.38. The van der Waals surface area contributed by atoms with E-state index in [9.17, 15) is 14.4 Å². The van der Waals surface area contributed by atoms with Crippen molar-refractivity contribution in [2.24, 2.45) is 0 Å². The summed E-state index contributed by atoms with van der Waals surface area (Å²) in [6, 6.07) is -0.881. The molecule has 0 saturated carbocycles. The Labute approximate surface area is 111 Å². The highest BCUT2D eigenvalue weighted by Crippen LogP contribution is 1.89. The summed E-state index contributed by atoms with van der Waals surface area (Å²) in [5.74, 6) is -0.320. The van der Waals surface area contributed by atoms with E-state index in [4.69, 9.17) is 0 Å². The van der Waals surface area contributed by atoms with Crippen LogP contribution < -0.4 is 10.6 Å². The number of carbonyl (C=O) groups is 3. The van der Waals surface area contributed by atoms with Gasteiger partial charge in [0.25, 0.3) is 0 Å². The molecule has 0 radical (unpaired) electrons. The van der Waals surface area contributed by atoms with Crippen LogP contribution in [0.3, 0.4) is 0 Å². The molecule has 0 rings (SSSR count). The molecule has 0 aliphatic heterocycles. The van der Waals surface area contributed by atoms with Crippen molar-refractivity contribution >= 4 is 18.0 Å². The van der Waals surface area contributed by atoms with E-state index in [0.717, 1.165) is 0 Å². The largest absolute Gasteiger partial charge is 0.445 e. The van der Waals surface area contributed by atoms with Crippen LogP contribution in [-0.4, -0.2) is 43.8 Å². The summed E-state index contributed by atoms with van der Waals surface area (Å²) in [6.45, 7) is 8.06. The molecule has 0 aromatic carbocycles. The van der Waals surface area contributed by atoms with Gasteiger partial charge in [-0.25, -0.2) is 9.59 Å². The first-order valence-corrected chi connectivity index (χ1v) is 5.57. The molecule has 7 heteroatoms. The molecule has 0 bridgehead atoms. The molecule has 2 amide bonds. The van der Waals surface area contributed by atoms with E-state index in [1.807, 2.05) is 0 Å². The zero-order chi connectivity index (χ0) is 14.7. The lowest BCUT2D eigenvalue weighted by Gasteiger charge is -2.16. The van der Waals surface area contributed by atoms with Crippen molar-refractivity contribution in [2.45, 2.75) is 13.0 Å². The van der Waals surface area contributed by atoms with Gasteiger partial charge in [-0.15, -0.1) is 0 Å². The molecule has 7 nitrogen and oxygen atoms in total. The van der Waals surface area contributed by atoms with Crippen LogP contribution in [0.25, 0.3) is 0 Å². The van der Waals surface area contributed by atoms with Gasteiger partial charge in [-0.05, 0) is 6.92 Å². The Hall–Kier alpha value is -2.31. The molecular formula is C12H18N2O5. The number of ketones is 1. The third kappa shape index (κ3) is 8.42. The van der Waals surface area contributed by atoms with Crippen molar-refractivity contribution in [3.63, 3.8) is 0 Å². The Balaban J connectivity index is 4.15. The number of ether oxygens (including phenoxy) is 2. The number of rotatable bonds is 8. The van der Waals surface area contributed by atoms with Crippen molar-refractivity contribution in [1.82, 2.24) is 10.6 Å². The maximum atomic E-state index is 11.3. The summed E-state index contributed by atoms with van der Waals surface area (Å²) >= 11 is 0. The van der Waals surface area contributed by atoms with E-state index in [1.165, 1.54) is 19.1 Å². The standard InChI is InChI=1S/C12H18N2O5/c1-4-6-18-11(16)13-8-10(9(3)15)14-12(17)19-7-5-2/h4-5,10H,1-2,6-8H2,3H3,(H,13,16)(H,14,17)/t10-/m1/s1. The second kappa shape index (κ2) is 9.69. The van der Waals surface area contributed by atoms with Crippen LogP contribution in [0, 0.1) is 0 Å². The second-order valence-electron chi connectivity index (χ2n) is 3.46. The quantitative estimate of drug-likeness (QED) is 0.635. The third-order valence-electron chi connectivity index (χ3n) is 1.90. The molecule has 0 aromatic heterocycles. The molecule has 0 fully saturated rings. The number of amides is 2. The second-order valence-corrected chi connectivity index (χ2v) is 3.46. The van der Waals surface area contributed by atoms with E-state index in [2.05, 4.69) is 33.3 Å². The van der Waals surface area contributed by atoms with Gasteiger partial charge in [0.1, 0.15) is 19.3 Å². The molecule has 0 aliphatic rings. The Morgan fingerprint density at radius 2 is 1.63 bits per heavy atom. The highest BCUT2D eigenvalue weighted by molar-refractivity contribution is 5.86. The van der Waals surface area contributed by atoms with E-state index in [0.29, 0.717) is 0 Å². The van der Waals surface area contributed by atoms with Crippen LogP contribution in [0.15, 0.2) is 25.3 Å². The fourth-order valence-corrected chi connectivity index (χ4v) is 0.986. The van der Waals surface area contributed by atoms with Crippen molar-refractivity contribution in [3.05, 3.63) is 25.3 Å². The smallest absolute Gasteiger partial charge is 0.408 e. The molecule has 0 saturated heterocycles. The minimum Gasteiger partial charge on any atom is -0.445 e. The average molecular weight is 270 g/mol. The van der Waals surface area contributed by atoms with Crippen LogP contribution in [0.5, 0.6) is 0 Å². The minimum atomic E-state index is -0.881. The van der Waals surface area contributed by atoms with E-state index in [1.54, 1.807) is 0 Å². The van der Waals surface area contributed by atoms with Crippen molar-refractivity contribution in [1.29, 1.82) is 0 Å². The number of hydrogen-bond donors (Lipinski definition) is 2.